The molecule has 0 aromatic heterocycles. The Morgan fingerprint density at radius 3 is 2.14 bits per heavy atom. The molecule has 1 atom stereocenters. The third-order valence-corrected chi connectivity index (χ3v) is 3.17. The molecule has 0 saturated carbocycles. The lowest BCUT2D eigenvalue weighted by Crippen LogP contribution is -2.40. The average Bonchev–Trinajstić information content (AvgIpc) is 2.36. The summed E-state index contributed by atoms with van der Waals surface area (Å²) < 4.78 is 0. The number of benzene rings is 1. The number of hydrogen-bond donors (Lipinski definition) is 2. The van der Waals surface area contributed by atoms with Crippen molar-refractivity contribution in [3.63, 3.8) is 0 Å². The minimum Gasteiger partial charge on any atom is -0.480 e. The molecule has 0 bridgehead atoms. The van der Waals surface area contributed by atoms with E-state index in [1.807, 2.05) is 12.1 Å². The van der Waals surface area contributed by atoms with Gasteiger partial charge in [0, 0.05) is 5.56 Å². The Morgan fingerprint density at radius 1 is 1.24 bits per heavy atom. The molecule has 0 radical (unpaired) electrons. The summed E-state index contributed by atoms with van der Waals surface area (Å²) in [6.07, 6.45) is 0.223. The fraction of sp³-hybridized carbons (Fsp3) is 0.412. The van der Waals surface area contributed by atoms with Crippen LogP contribution in [-0.4, -0.2) is 23.0 Å². The molecule has 0 aliphatic rings. The van der Waals surface area contributed by atoms with Crippen LogP contribution in [0.15, 0.2) is 36.4 Å². The maximum atomic E-state index is 12.1. The molecular weight excluding hydrogens is 266 g/mol. The molecule has 1 aromatic rings. The molecule has 114 valence electrons. The molecule has 0 unspecified atom stereocenters. The second-order valence-electron chi connectivity index (χ2n) is 6.35. The van der Waals surface area contributed by atoms with Gasteiger partial charge in [0.1, 0.15) is 6.04 Å². The smallest absolute Gasteiger partial charge is 0.326 e. The van der Waals surface area contributed by atoms with E-state index in [0.717, 1.165) is 5.56 Å². The Kier molecular flexibility index (Phi) is 5.30. The molecule has 0 fully saturated rings. The van der Waals surface area contributed by atoms with Gasteiger partial charge in [-0.1, -0.05) is 38.5 Å². The second kappa shape index (κ2) is 6.57. The van der Waals surface area contributed by atoms with Crippen LogP contribution in [0.1, 0.15) is 50.0 Å². The van der Waals surface area contributed by atoms with Gasteiger partial charge in [-0.15, -0.1) is 6.58 Å². The lowest BCUT2D eigenvalue weighted by molar-refractivity contribution is -0.139. The van der Waals surface area contributed by atoms with Gasteiger partial charge in [-0.05, 0) is 36.5 Å². The van der Waals surface area contributed by atoms with E-state index in [0.29, 0.717) is 11.1 Å². The first kappa shape index (κ1) is 17.0. The number of carbonyl (C=O) groups is 2. The van der Waals surface area contributed by atoms with Crippen LogP contribution in [0.25, 0.3) is 0 Å². The molecule has 0 aliphatic carbocycles. The fourth-order valence-electron chi connectivity index (χ4n) is 1.91. The van der Waals surface area contributed by atoms with Crippen molar-refractivity contribution in [3.05, 3.63) is 47.5 Å². The Bertz CT molecular complexity index is 538. The molecule has 0 aliphatic heterocycles. The number of amides is 1. The molecular formula is C17H23NO3. The zero-order chi connectivity index (χ0) is 16.2. The standard InChI is InChI=1S/C17H23NO3/c1-11(2)10-14(16(20)21)18-15(19)12-6-8-13(9-7-12)17(3,4)5/h6-9,14H,1,10H2,2-5H3,(H,18,19)(H,20,21)/t14-/m0/s1. The minimum absolute atomic E-state index is 0.0125. The van der Waals surface area contributed by atoms with Crippen LogP contribution in [0.4, 0.5) is 0 Å². The summed E-state index contributed by atoms with van der Waals surface area (Å²) >= 11 is 0. The summed E-state index contributed by atoms with van der Waals surface area (Å²) in [6, 6.07) is 6.27. The van der Waals surface area contributed by atoms with Crippen LogP contribution in [-0.2, 0) is 10.2 Å². The molecule has 1 amide bonds. The highest BCUT2D eigenvalue weighted by Gasteiger charge is 2.21. The van der Waals surface area contributed by atoms with Crippen molar-refractivity contribution in [2.24, 2.45) is 0 Å². The average molecular weight is 289 g/mol. The zero-order valence-corrected chi connectivity index (χ0v) is 13.1. The highest BCUT2D eigenvalue weighted by Crippen LogP contribution is 2.22. The number of carboxylic acid groups (broad SMARTS) is 1. The number of nitrogens with one attached hydrogen (secondary N) is 1. The fourth-order valence-corrected chi connectivity index (χ4v) is 1.91. The molecule has 1 rings (SSSR count). The Labute approximate surface area is 125 Å². The van der Waals surface area contributed by atoms with E-state index in [-0.39, 0.29) is 17.7 Å². The monoisotopic (exact) mass is 289 g/mol. The van der Waals surface area contributed by atoms with Gasteiger partial charge in [0.05, 0.1) is 0 Å². The first-order chi connectivity index (χ1) is 9.61. The maximum absolute atomic E-state index is 12.1. The first-order valence-electron chi connectivity index (χ1n) is 6.90. The van der Waals surface area contributed by atoms with Crippen molar-refractivity contribution in [1.29, 1.82) is 0 Å². The molecule has 2 N–H and O–H groups in total. The summed E-state index contributed by atoms with van der Waals surface area (Å²) in [5, 5.41) is 11.6. The van der Waals surface area contributed by atoms with Crippen molar-refractivity contribution in [3.8, 4) is 0 Å². The van der Waals surface area contributed by atoms with Gasteiger partial charge in [-0.25, -0.2) is 4.79 Å². The van der Waals surface area contributed by atoms with E-state index in [4.69, 9.17) is 5.11 Å². The van der Waals surface area contributed by atoms with Crippen molar-refractivity contribution < 1.29 is 14.7 Å². The van der Waals surface area contributed by atoms with Gasteiger partial charge in [-0.2, -0.15) is 0 Å². The number of carboxylic acids is 1. The maximum Gasteiger partial charge on any atom is 0.326 e. The van der Waals surface area contributed by atoms with E-state index >= 15 is 0 Å². The summed E-state index contributed by atoms with van der Waals surface area (Å²) in [7, 11) is 0. The zero-order valence-electron chi connectivity index (χ0n) is 13.1. The lowest BCUT2D eigenvalue weighted by Gasteiger charge is -2.19. The normalized spacial score (nSPS) is 12.6. The summed E-state index contributed by atoms with van der Waals surface area (Å²) in [5.74, 6) is -1.44. The summed E-state index contributed by atoms with van der Waals surface area (Å²) in [4.78, 5) is 23.2. The molecule has 0 heterocycles. The van der Waals surface area contributed by atoms with Gasteiger partial charge in [-0.3, -0.25) is 4.79 Å². The van der Waals surface area contributed by atoms with Crippen LogP contribution in [0, 0.1) is 0 Å². The number of hydrogen-bond acceptors (Lipinski definition) is 2. The van der Waals surface area contributed by atoms with Crippen molar-refractivity contribution in [2.45, 2.75) is 45.6 Å². The third kappa shape index (κ3) is 5.06. The Hall–Kier alpha value is -2.10. The van der Waals surface area contributed by atoms with Gasteiger partial charge < -0.3 is 10.4 Å². The third-order valence-electron chi connectivity index (χ3n) is 3.17. The minimum atomic E-state index is -1.06. The number of carbonyl (C=O) groups excluding carboxylic acids is 1. The predicted molar refractivity (Wildman–Crippen MR) is 83.5 cm³/mol. The van der Waals surface area contributed by atoms with Crippen molar-refractivity contribution in [1.82, 2.24) is 5.32 Å². The van der Waals surface area contributed by atoms with Crippen LogP contribution in [0.3, 0.4) is 0 Å². The Balaban J connectivity index is 2.83. The molecule has 0 saturated heterocycles. The van der Waals surface area contributed by atoms with Crippen molar-refractivity contribution in [2.75, 3.05) is 0 Å². The molecule has 4 heteroatoms. The molecule has 1 aromatic carbocycles. The van der Waals surface area contributed by atoms with Crippen LogP contribution < -0.4 is 5.32 Å². The summed E-state index contributed by atoms with van der Waals surface area (Å²) in [5.41, 5.74) is 2.30. The molecule has 4 nitrogen and oxygen atoms in total. The lowest BCUT2D eigenvalue weighted by atomic mass is 9.86. The largest absolute Gasteiger partial charge is 0.480 e. The number of rotatable bonds is 5. The first-order valence-corrected chi connectivity index (χ1v) is 6.90. The predicted octanol–water partition coefficient (Wildman–Crippen LogP) is 3.13. The molecule has 21 heavy (non-hydrogen) atoms. The summed E-state index contributed by atoms with van der Waals surface area (Å²) in [6.45, 7) is 11.7. The van der Waals surface area contributed by atoms with E-state index in [2.05, 4.69) is 32.7 Å². The van der Waals surface area contributed by atoms with E-state index in [1.54, 1.807) is 19.1 Å². The Morgan fingerprint density at radius 2 is 1.76 bits per heavy atom. The second-order valence-corrected chi connectivity index (χ2v) is 6.35. The number of aliphatic carboxylic acids is 1. The SMILES string of the molecule is C=C(C)C[C@H](NC(=O)c1ccc(C(C)(C)C)cc1)C(=O)O. The van der Waals surface area contributed by atoms with Crippen LogP contribution in [0.5, 0.6) is 0 Å². The highest BCUT2D eigenvalue weighted by molar-refractivity contribution is 5.96. The van der Waals surface area contributed by atoms with E-state index in [1.165, 1.54) is 0 Å². The van der Waals surface area contributed by atoms with E-state index < -0.39 is 12.0 Å². The quantitative estimate of drug-likeness (QED) is 0.818. The van der Waals surface area contributed by atoms with Gasteiger partial charge >= 0.3 is 5.97 Å². The van der Waals surface area contributed by atoms with Crippen molar-refractivity contribution >= 4 is 11.9 Å². The van der Waals surface area contributed by atoms with Gasteiger partial charge in [0.25, 0.3) is 5.91 Å². The van der Waals surface area contributed by atoms with Gasteiger partial charge in [0.2, 0.25) is 0 Å². The van der Waals surface area contributed by atoms with Crippen LogP contribution in [0.2, 0.25) is 0 Å². The van der Waals surface area contributed by atoms with E-state index in [9.17, 15) is 9.59 Å². The molecule has 0 spiro atoms. The topological polar surface area (TPSA) is 66.4 Å². The van der Waals surface area contributed by atoms with Crippen LogP contribution >= 0.6 is 0 Å². The van der Waals surface area contributed by atoms with Gasteiger partial charge in [0.15, 0.2) is 0 Å². The highest BCUT2D eigenvalue weighted by atomic mass is 16.4.